The molecule has 36 heavy (non-hydrogen) atoms. The van der Waals surface area contributed by atoms with E-state index in [1.165, 1.54) is 19.1 Å². The normalized spacial score (nSPS) is 27.8. The highest BCUT2D eigenvalue weighted by atomic mass is 32.2. The number of nitrogens with two attached hydrogens (primary N) is 1. The fourth-order valence-corrected chi connectivity index (χ4v) is 10.6. The van der Waals surface area contributed by atoms with Gasteiger partial charge in [-0.1, -0.05) is 41.5 Å². The number of sulfone groups is 1. The molecule has 12 heteroatoms. The minimum absolute atomic E-state index is 0.0294. The van der Waals surface area contributed by atoms with E-state index >= 15 is 4.39 Å². The lowest BCUT2D eigenvalue weighted by molar-refractivity contribution is -0.161. The van der Waals surface area contributed by atoms with Crippen molar-refractivity contribution < 1.29 is 32.6 Å². The first-order chi connectivity index (χ1) is 16.1. The topological polar surface area (TPSA) is 154 Å². The fraction of sp³-hybridized carbons (Fsp3) is 0.625. The Balaban J connectivity index is 2.57. The van der Waals surface area contributed by atoms with E-state index in [4.69, 9.17) is 5.73 Å². The minimum atomic E-state index is -4.39. The lowest BCUT2D eigenvalue weighted by Gasteiger charge is -2.75. The number of amides is 2. The van der Waals surface area contributed by atoms with Crippen LogP contribution in [-0.2, 0) is 15.4 Å². The van der Waals surface area contributed by atoms with Crippen LogP contribution in [-0.4, -0.2) is 76.1 Å². The van der Waals surface area contributed by atoms with Gasteiger partial charge in [-0.3, -0.25) is 9.89 Å². The van der Waals surface area contributed by atoms with Gasteiger partial charge in [-0.15, -0.1) is 0 Å². The van der Waals surface area contributed by atoms with Gasteiger partial charge in [0.1, 0.15) is 17.2 Å². The second-order valence-electron chi connectivity index (χ2n) is 12.0. The molecule has 1 aromatic rings. The zero-order valence-corrected chi connectivity index (χ0v) is 22.7. The molecule has 2 aliphatic heterocycles. The number of benzene rings is 1. The summed E-state index contributed by atoms with van der Waals surface area (Å²) in [5.41, 5.74) is 1.11. The molecule has 4 N–H and O–H groups in total. The summed E-state index contributed by atoms with van der Waals surface area (Å²) in [6.45, 7) is 12.2. The van der Waals surface area contributed by atoms with Gasteiger partial charge in [-0.2, -0.15) is 4.90 Å². The van der Waals surface area contributed by atoms with Crippen LogP contribution in [0.4, 0.5) is 19.7 Å². The lowest BCUT2D eigenvalue weighted by atomic mass is 9.48. The van der Waals surface area contributed by atoms with Crippen molar-refractivity contribution in [3.8, 4) is 0 Å². The molecule has 0 radical (unpaired) electrons. The molecule has 2 heterocycles. The van der Waals surface area contributed by atoms with E-state index in [1.807, 2.05) is 46.4 Å². The predicted octanol–water partition coefficient (Wildman–Crippen LogP) is 3.62. The third kappa shape index (κ3) is 3.37. The van der Waals surface area contributed by atoms with Crippen LogP contribution in [0.5, 0.6) is 0 Å². The van der Waals surface area contributed by atoms with Crippen molar-refractivity contribution in [1.29, 1.82) is 0 Å². The first-order valence-corrected chi connectivity index (χ1v) is 13.1. The quantitative estimate of drug-likeness (QED) is 0.469. The first kappa shape index (κ1) is 27.9. The van der Waals surface area contributed by atoms with Crippen LogP contribution in [0.15, 0.2) is 23.2 Å². The van der Waals surface area contributed by atoms with Crippen LogP contribution >= 0.6 is 0 Å². The van der Waals surface area contributed by atoms with Gasteiger partial charge in [0.15, 0.2) is 14.6 Å². The number of hydrogen-bond acceptors (Lipinski definition) is 7. The molecule has 1 aromatic carbocycles. The van der Waals surface area contributed by atoms with Crippen LogP contribution in [0, 0.1) is 16.6 Å². The molecule has 2 amide bonds. The van der Waals surface area contributed by atoms with Crippen LogP contribution in [0.1, 0.15) is 54.0 Å². The van der Waals surface area contributed by atoms with Crippen LogP contribution in [0.2, 0.25) is 0 Å². The third-order valence-electron chi connectivity index (χ3n) is 7.67. The number of anilines is 1. The molecular formula is C24H35FN4O6S. The molecule has 10 nitrogen and oxygen atoms in total. The Morgan fingerprint density at radius 2 is 1.61 bits per heavy atom. The monoisotopic (exact) mass is 526 g/mol. The van der Waals surface area contributed by atoms with Gasteiger partial charge in [-0.25, -0.2) is 22.4 Å². The Labute approximate surface area is 210 Å². The van der Waals surface area contributed by atoms with Crippen LogP contribution < -0.4 is 5.73 Å². The van der Waals surface area contributed by atoms with E-state index in [-0.39, 0.29) is 22.7 Å². The van der Waals surface area contributed by atoms with Gasteiger partial charge >= 0.3 is 12.2 Å². The summed E-state index contributed by atoms with van der Waals surface area (Å²) in [4.78, 5) is 30.9. The molecule has 0 saturated carbocycles. The standard InChI is InChI=1S/C24H35FN4O6S/c1-20(2,3)24(21(4,5)6)23(12-28(24)8)17(29(18(30)31)19(32)33)27-22(7,13-36(23,34)35)15-11-14(26)9-10-16(15)25/h9-11H,12-13,26H2,1-8H3,(H,30,31)(H,32,33)/t22?,23-/m0/s1. The maximum atomic E-state index is 15.0. The number of nitrogens with zero attached hydrogens (tertiary/aromatic N) is 3. The first-order valence-electron chi connectivity index (χ1n) is 11.5. The summed E-state index contributed by atoms with van der Waals surface area (Å²) in [6, 6.07) is 3.61. The Hall–Kier alpha value is -2.73. The van der Waals surface area contributed by atoms with Gasteiger partial charge in [0.05, 0.1) is 11.3 Å². The Kier molecular flexibility index (Phi) is 6.10. The summed E-state index contributed by atoms with van der Waals surface area (Å²) in [5, 5.41) is 19.9. The molecule has 200 valence electrons. The van der Waals surface area contributed by atoms with Crippen molar-refractivity contribution in [3.63, 3.8) is 0 Å². The number of nitrogen functional groups attached to an aromatic ring is 1. The SMILES string of the molecule is CN1C[C@]2(C(N(C(=O)O)C(=O)O)=NC(C)(c3cc(N)ccc3F)CS2(=O)=O)C1(C(C)(C)C)C(C)(C)C. The molecule has 1 unspecified atom stereocenters. The third-order valence-corrected chi connectivity index (χ3v) is 10.3. The highest BCUT2D eigenvalue weighted by Gasteiger charge is 2.81. The summed E-state index contributed by atoms with van der Waals surface area (Å²) in [5.74, 6) is -2.11. The van der Waals surface area contributed by atoms with Crippen molar-refractivity contribution >= 4 is 33.5 Å². The summed E-state index contributed by atoms with van der Waals surface area (Å²) in [7, 11) is -2.66. The smallest absolute Gasteiger partial charge is 0.422 e. The van der Waals surface area contributed by atoms with Crippen molar-refractivity contribution in [2.75, 3.05) is 25.1 Å². The Morgan fingerprint density at radius 1 is 1.11 bits per heavy atom. The Bertz CT molecular complexity index is 1240. The van der Waals surface area contributed by atoms with E-state index in [0.717, 1.165) is 6.07 Å². The average molecular weight is 527 g/mol. The van der Waals surface area contributed by atoms with Gasteiger partial charge in [0.2, 0.25) is 0 Å². The number of hydrogen-bond donors (Lipinski definition) is 3. The molecule has 2 aliphatic rings. The predicted molar refractivity (Wildman–Crippen MR) is 134 cm³/mol. The minimum Gasteiger partial charge on any atom is -0.464 e. The Morgan fingerprint density at radius 3 is 2.03 bits per heavy atom. The molecule has 0 bridgehead atoms. The number of likely N-dealkylation sites (tertiary alicyclic amines) is 1. The number of carbonyl (C=O) groups is 2. The van der Waals surface area contributed by atoms with E-state index in [0.29, 0.717) is 0 Å². The number of halogens is 1. The van der Waals surface area contributed by atoms with Crippen LogP contribution in [0.25, 0.3) is 0 Å². The fourth-order valence-electron chi connectivity index (χ4n) is 7.40. The van der Waals surface area contributed by atoms with E-state index in [2.05, 4.69) is 4.99 Å². The van der Waals surface area contributed by atoms with E-state index in [9.17, 15) is 28.2 Å². The second-order valence-corrected chi connectivity index (χ2v) is 14.2. The summed E-state index contributed by atoms with van der Waals surface area (Å²) < 4.78 is 42.0. The molecule has 0 aliphatic carbocycles. The van der Waals surface area contributed by atoms with Gasteiger partial charge in [0.25, 0.3) is 0 Å². The molecule has 1 fully saturated rings. The van der Waals surface area contributed by atoms with Crippen LogP contribution in [0.3, 0.4) is 0 Å². The van der Waals surface area contributed by atoms with Gasteiger partial charge in [-0.05, 0) is 43.0 Å². The zero-order chi connectivity index (χ0) is 27.9. The van der Waals surface area contributed by atoms with Crippen molar-refractivity contribution in [2.45, 2.75) is 64.3 Å². The molecular weight excluding hydrogens is 491 g/mol. The zero-order valence-electron chi connectivity index (χ0n) is 21.9. The molecule has 2 atom stereocenters. The highest BCUT2D eigenvalue weighted by Crippen LogP contribution is 2.65. The number of amidine groups is 1. The lowest BCUT2D eigenvalue weighted by Crippen LogP contribution is -2.93. The highest BCUT2D eigenvalue weighted by molar-refractivity contribution is 7.94. The van der Waals surface area contributed by atoms with E-state index in [1.54, 1.807) is 7.05 Å². The maximum absolute atomic E-state index is 15.0. The van der Waals surface area contributed by atoms with Crippen molar-refractivity contribution in [2.24, 2.45) is 15.8 Å². The second kappa shape index (κ2) is 7.88. The van der Waals surface area contributed by atoms with Crippen molar-refractivity contribution in [1.82, 2.24) is 9.80 Å². The van der Waals surface area contributed by atoms with Gasteiger partial charge < -0.3 is 15.9 Å². The van der Waals surface area contributed by atoms with E-state index < -0.39 is 66.1 Å². The largest absolute Gasteiger partial charge is 0.464 e. The summed E-state index contributed by atoms with van der Waals surface area (Å²) in [6.07, 6.45) is -3.81. The maximum Gasteiger partial charge on any atom is 0.422 e. The molecule has 0 aromatic heterocycles. The molecule has 1 saturated heterocycles. The van der Waals surface area contributed by atoms with Crippen molar-refractivity contribution in [3.05, 3.63) is 29.6 Å². The molecule has 1 spiro atoms. The van der Waals surface area contributed by atoms with Gasteiger partial charge in [0, 0.05) is 17.8 Å². The average Bonchev–Trinajstić information content (AvgIpc) is 2.62. The number of imide groups is 1. The number of rotatable bonds is 1. The number of carboxylic acid groups (broad SMARTS) is 2. The summed E-state index contributed by atoms with van der Waals surface area (Å²) >= 11 is 0. The molecule has 3 rings (SSSR count). The number of aliphatic imine (C=N–C) groups is 1.